The molecule has 36 heavy (non-hydrogen) atoms. The minimum atomic E-state index is -0.109. The third-order valence-corrected chi connectivity index (χ3v) is 7.82. The molecular formula is C30H39ClN2O3. The van der Waals surface area contributed by atoms with Crippen LogP contribution >= 0.6 is 11.6 Å². The van der Waals surface area contributed by atoms with E-state index in [0.29, 0.717) is 29.2 Å². The standard InChI is InChI=1S/C30H39ClN2O3/c1-32-21-9-3-2-4-10-22-33(29(34)20-17-23-15-18-24(31)19-16-23)26-12-6-8-14-28(26)36-27-13-7-5-11-25(27)30(32)35/h5,7,11,13,15-16,18-19,26,28H,2-4,6,8-10,12,14,17,20-22H2,1H3/t26-,28+/m1/s1. The molecule has 0 aromatic heterocycles. The first-order chi connectivity index (χ1) is 17.5. The number of halogens is 1. The fourth-order valence-electron chi connectivity index (χ4n) is 5.47. The number of carbonyl (C=O) groups excluding carboxylic acids is 2. The van der Waals surface area contributed by atoms with Gasteiger partial charge in [-0.3, -0.25) is 9.59 Å². The van der Waals surface area contributed by atoms with Crippen LogP contribution in [0.15, 0.2) is 48.5 Å². The maximum absolute atomic E-state index is 13.6. The van der Waals surface area contributed by atoms with Crippen molar-refractivity contribution in [2.45, 2.75) is 82.8 Å². The molecule has 2 aliphatic rings. The molecule has 2 amide bonds. The van der Waals surface area contributed by atoms with Crippen molar-refractivity contribution in [3.05, 3.63) is 64.7 Å². The summed E-state index contributed by atoms with van der Waals surface area (Å²) in [4.78, 5) is 30.8. The number of fused-ring (bicyclic) bond motifs is 2. The predicted octanol–water partition coefficient (Wildman–Crippen LogP) is 6.53. The van der Waals surface area contributed by atoms with Crippen molar-refractivity contribution in [3.8, 4) is 5.75 Å². The Morgan fingerprint density at radius 3 is 2.42 bits per heavy atom. The smallest absolute Gasteiger partial charge is 0.257 e. The normalized spacial score (nSPS) is 22.0. The summed E-state index contributed by atoms with van der Waals surface area (Å²) in [6.45, 7) is 1.51. The van der Waals surface area contributed by atoms with E-state index >= 15 is 0 Å². The van der Waals surface area contributed by atoms with Crippen LogP contribution in [0.2, 0.25) is 5.02 Å². The van der Waals surface area contributed by atoms with Crippen molar-refractivity contribution >= 4 is 23.4 Å². The average molecular weight is 511 g/mol. The quantitative estimate of drug-likeness (QED) is 0.471. The molecule has 0 bridgehead atoms. The van der Waals surface area contributed by atoms with E-state index in [1.165, 1.54) is 0 Å². The van der Waals surface area contributed by atoms with Gasteiger partial charge in [-0.2, -0.15) is 0 Å². The summed E-state index contributed by atoms with van der Waals surface area (Å²) in [6.07, 6.45) is 10.4. The van der Waals surface area contributed by atoms with E-state index in [0.717, 1.165) is 76.4 Å². The van der Waals surface area contributed by atoms with Gasteiger partial charge in [0.1, 0.15) is 11.9 Å². The first-order valence-corrected chi connectivity index (χ1v) is 14.0. The van der Waals surface area contributed by atoms with Crippen molar-refractivity contribution in [2.75, 3.05) is 20.1 Å². The van der Waals surface area contributed by atoms with Crippen LogP contribution in [0.4, 0.5) is 0 Å². The number of benzene rings is 2. The predicted molar refractivity (Wildman–Crippen MR) is 145 cm³/mol. The fraction of sp³-hybridized carbons (Fsp3) is 0.533. The zero-order valence-electron chi connectivity index (χ0n) is 21.5. The molecule has 1 fully saturated rings. The molecule has 0 unspecified atom stereocenters. The number of amides is 2. The lowest BCUT2D eigenvalue weighted by Crippen LogP contribution is -2.51. The topological polar surface area (TPSA) is 49.9 Å². The molecule has 0 spiro atoms. The summed E-state index contributed by atoms with van der Waals surface area (Å²) in [7, 11) is 1.88. The first kappa shape index (κ1) is 26.5. The SMILES string of the molecule is CN1CCCCCCCN(C(=O)CCc2ccc(Cl)cc2)[C@@H]2CCCC[C@@H]2Oc2ccccc2C1=O. The number of aryl methyl sites for hydroxylation is 1. The highest BCUT2D eigenvalue weighted by molar-refractivity contribution is 6.30. The summed E-state index contributed by atoms with van der Waals surface area (Å²) in [5, 5.41) is 0.711. The van der Waals surface area contributed by atoms with Gasteiger partial charge in [0.2, 0.25) is 5.91 Å². The number of ether oxygens (including phenoxy) is 1. The van der Waals surface area contributed by atoms with Gasteiger partial charge in [-0.25, -0.2) is 0 Å². The lowest BCUT2D eigenvalue weighted by Gasteiger charge is -2.40. The van der Waals surface area contributed by atoms with Gasteiger partial charge in [-0.1, -0.05) is 61.5 Å². The number of para-hydroxylation sites is 1. The van der Waals surface area contributed by atoms with Crippen molar-refractivity contribution in [3.63, 3.8) is 0 Å². The van der Waals surface area contributed by atoms with Gasteiger partial charge in [0.15, 0.2) is 0 Å². The maximum atomic E-state index is 13.6. The molecule has 194 valence electrons. The van der Waals surface area contributed by atoms with Crippen molar-refractivity contribution in [2.24, 2.45) is 0 Å². The van der Waals surface area contributed by atoms with Crippen molar-refractivity contribution in [1.82, 2.24) is 9.80 Å². The van der Waals surface area contributed by atoms with Crippen LogP contribution in [0.25, 0.3) is 0 Å². The van der Waals surface area contributed by atoms with E-state index in [9.17, 15) is 9.59 Å². The van der Waals surface area contributed by atoms with Crippen LogP contribution in [-0.2, 0) is 11.2 Å². The van der Waals surface area contributed by atoms with Gasteiger partial charge < -0.3 is 14.5 Å². The zero-order chi connectivity index (χ0) is 25.3. The minimum absolute atomic E-state index is 0.00345. The lowest BCUT2D eigenvalue weighted by molar-refractivity contribution is -0.136. The van der Waals surface area contributed by atoms with E-state index in [1.54, 1.807) is 0 Å². The van der Waals surface area contributed by atoms with E-state index in [1.807, 2.05) is 60.5 Å². The Kier molecular flexibility index (Phi) is 9.68. The number of nitrogens with zero attached hydrogens (tertiary/aromatic N) is 2. The van der Waals surface area contributed by atoms with E-state index in [-0.39, 0.29) is 24.0 Å². The summed E-state index contributed by atoms with van der Waals surface area (Å²) < 4.78 is 6.60. The lowest BCUT2D eigenvalue weighted by atomic mass is 9.90. The van der Waals surface area contributed by atoms with Crippen molar-refractivity contribution < 1.29 is 14.3 Å². The highest BCUT2D eigenvalue weighted by Crippen LogP contribution is 2.31. The van der Waals surface area contributed by atoms with Crippen LogP contribution < -0.4 is 4.74 Å². The average Bonchev–Trinajstić information content (AvgIpc) is 2.90. The molecule has 0 radical (unpaired) electrons. The molecule has 1 aliphatic carbocycles. The van der Waals surface area contributed by atoms with Crippen LogP contribution in [0.3, 0.4) is 0 Å². The molecule has 6 heteroatoms. The van der Waals surface area contributed by atoms with E-state index in [4.69, 9.17) is 16.3 Å². The van der Waals surface area contributed by atoms with Crippen LogP contribution in [-0.4, -0.2) is 53.9 Å². The van der Waals surface area contributed by atoms with Crippen LogP contribution in [0.1, 0.15) is 80.1 Å². The number of carbonyl (C=O) groups is 2. The Bertz CT molecular complexity index is 1010. The molecule has 0 N–H and O–H groups in total. The van der Waals surface area contributed by atoms with Gasteiger partial charge in [0, 0.05) is 31.6 Å². The first-order valence-electron chi connectivity index (χ1n) is 13.6. The van der Waals surface area contributed by atoms with Crippen molar-refractivity contribution in [1.29, 1.82) is 0 Å². The molecule has 5 nitrogen and oxygen atoms in total. The number of hydrogen-bond donors (Lipinski definition) is 0. The zero-order valence-corrected chi connectivity index (χ0v) is 22.2. The second-order valence-electron chi connectivity index (χ2n) is 10.2. The highest BCUT2D eigenvalue weighted by Gasteiger charge is 2.35. The Labute approximate surface area is 220 Å². The van der Waals surface area contributed by atoms with Gasteiger partial charge in [-0.15, -0.1) is 0 Å². The molecule has 1 heterocycles. The van der Waals surface area contributed by atoms with Gasteiger partial charge >= 0.3 is 0 Å². The molecular weight excluding hydrogens is 472 g/mol. The Hall–Kier alpha value is -2.53. The van der Waals surface area contributed by atoms with Gasteiger partial charge in [-0.05, 0) is 68.4 Å². The van der Waals surface area contributed by atoms with Gasteiger partial charge in [0.05, 0.1) is 11.6 Å². The third-order valence-electron chi connectivity index (χ3n) is 7.56. The minimum Gasteiger partial charge on any atom is -0.487 e. The number of hydrogen-bond acceptors (Lipinski definition) is 3. The summed E-state index contributed by atoms with van der Waals surface area (Å²) in [5.41, 5.74) is 1.74. The largest absolute Gasteiger partial charge is 0.487 e. The fourth-order valence-corrected chi connectivity index (χ4v) is 5.60. The molecule has 4 rings (SSSR count). The maximum Gasteiger partial charge on any atom is 0.257 e. The second-order valence-corrected chi connectivity index (χ2v) is 10.6. The molecule has 2 atom stereocenters. The summed E-state index contributed by atoms with van der Waals surface area (Å²) >= 11 is 6.03. The molecule has 2 aromatic carbocycles. The molecule has 2 aromatic rings. The summed E-state index contributed by atoms with van der Waals surface area (Å²) in [6, 6.07) is 15.4. The van der Waals surface area contributed by atoms with E-state index < -0.39 is 0 Å². The van der Waals surface area contributed by atoms with Crippen LogP contribution in [0.5, 0.6) is 5.75 Å². The Morgan fingerprint density at radius 2 is 1.61 bits per heavy atom. The Balaban J connectivity index is 1.56. The second kappa shape index (κ2) is 13.1. The van der Waals surface area contributed by atoms with Gasteiger partial charge in [0.25, 0.3) is 5.91 Å². The number of rotatable bonds is 3. The molecule has 1 saturated carbocycles. The monoisotopic (exact) mass is 510 g/mol. The van der Waals surface area contributed by atoms with E-state index in [2.05, 4.69) is 4.90 Å². The molecule has 1 aliphatic heterocycles. The molecule has 0 saturated heterocycles. The van der Waals surface area contributed by atoms with Crippen LogP contribution in [0, 0.1) is 0 Å². The Morgan fingerprint density at radius 1 is 0.917 bits per heavy atom. The third kappa shape index (κ3) is 7.03. The summed E-state index contributed by atoms with van der Waals surface area (Å²) in [5.74, 6) is 0.831. The highest BCUT2D eigenvalue weighted by atomic mass is 35.5.